The number of thioether (sulfide) groups is 1. The first-order valence-corrected chi connectivity index (χ1v) is 8.02. The van der Waals surface area contributed by atoms with E-state index in [4.69, 9.17) is 9.47 Å². The van der Waals surface area contributed by atoms with E-state index in [0.717, 1.165) is 36.6 Å². The fourth-order valence-electron chi connectivity index (χ4n) is 2.57. The van der Waals surface area contributed by atoms with E-state index in [9.17, 15) is 0 Å². The van der Waals surface area contributed by atoms with Gasteiger partial charge in [0.25, 0.3) is 0 Å². The Morgan fingerprint density at radius 1 is 1.26 bits per heavy atom. The van der Waals surface area contributed by atoms with E-state index >= 15 is 0 Å². The molecule has 0 amide bonds. The Morgan fingerprint density at radius 2 is 2.00 bits per heavy atom. The monoisotopic (exact) mass is 281 g/mol. The number of hydrogen-bond donors (Lipinski definition) is 1. The minimum absolute atomic E-state index is 0.370. The largest absolute Gasteiger partial charge is 0.496 e. The van der Waals surface area contributed by atoms with Crippen molar-refractivity contribution in [3.63, 3.8) is 0 Å². The quantitative estimate of drug-likeness (QED) is 0.896. The van der Waals surface area contributed by atoms with Crippen LogP contribution in [0.3, 0.4) is 0 Å². The van der Waals surface area contributed by atoms with Crippen molar-refractivity contribution in [3.05, 3.63) is 23.3 Å². The number of methoxy groups -OCH3 is 2. The lowest BCUT2D eigenvalue weighted by Gasteiger charge is -2.22. The summed E-state index contributed by atoms with van der Waals surface area (Å²) in [6, 6.07) is 4.41. The molecule has 1 aliphatic heterocycles. The summed E-state index contributed by atoms with van der Waals surface area (Å²) in [5.41, 5.74) is 2.58. The first kappa shape index (κ1) is 14.5. The first-order chi connectivity index (χ1) is 9.31. The molecule has 1 aliphatic rings. The Bertz CT molecular complexity index is 423. The van der Waals surface area contributed by atoms with Crippen molar-refractivity contribution in [2.45, 2.75) is 31.6 Å². The lowest BCUT2D eigenvalue weighted by molar-refractivity contribution is 0.385. The van der Waals surface area contributed by atoms with Gasteiger partial charge in [-0.3, -0.25) is 0 Å². The maximum Gasteiger partial charge on any atom is 0.124 e. The standard InChI is InChI=1S/C15H23NO2S/c1-4-8-16-12-7-9-19-10-11-13(17-2)5-6-14(18-3)15(11)12/h5-6,12,16H,4,7-10H2,1-3H3. The van der Waals surface area contributed by atoms with Gasteiger partial charge in [0.15, 0.2) is 0 Å². The van der Waals surface area contributed by atoms with Crippen molar-refractivity contribution < 1.29 is 9.47 Å². The first-order valence-electron chi connectivity index (χ1n) is 6.86. The van der Waals surface area contributed by atoms with Crippen LogP contribution in [0.5, 0.6) is 11.5 Å². The number of benzene rings is 1. The van der Waals surface area contributed by atoms with Crippen molar-refractivity contribution >= 4 is 11.8 Å². The van der Waals surface area contributed by atoms with Gasteiger partial charge in [0.05, 0.1) is 14.2 Å². The summed E-state index contributed by atoms with van der Waals surface area (Å²) in [4.78, 5) is 0. The summed E-state index contributed by atoms with van der Waals surface area (Å²) >= 11 is 1.97. The van der Waals surface area contributed by atoms with Gasteiger partial charge in [-0.05, 0) is 37.3 Å². The maximum atomic E-state index is 5.57. The molecular weight excluding hydrogens is 258 g/mol. The van der Waals surface area contributed by atoms with Gasteiger partial charge < -0.3 is 14.8 Å². The molecule has 0 aliphatic carbocycles. The molecule has 0 bridgehead atoms. The molecule has 1 atom stereocenters. The molecule has 0 saturated heterocycles. The minimum atomic E-state index is 0.370. The minimum Gasteiger partial charge on any atom is -0.496 e. The zero-order valence-electron chi connectivity index (χ0n) is 12.0. The third kappa shape index (κ3) is 3.18. The van der Waals surface area contributed by atoms with Gasteiger partial charge in [-0.2, -0.15) is 11.8 Å². The Labute approximate surface area is 120 Å². The Balaban J connectivity index is 2.43. The van der Waals surface area contributed by atoms with Gasteiger partial charge in [0.2, 0.25) is 0 Å². The molecule has 0 radical (unpaired) electrons. The fraction of sp³-hybridized carbons (Fsp3) is 0.600. The molecule has 0 aromatic heterocycles. The second-order valence-electron chi connectivity index (χ2n) is 4.71. The van der Waals surface area contributed by atoms with Crippen LogP contribution in [0.1, 0.15) is 36.9 Å². The van der Waals surface area contributed by atoms with Gasteiger partial charge in [-0.15, -0.1) is 0 Å². The molecule has 3 nitrogen and oxygen atoms in total. The summed E-state index contributed by atoms with van der Waals surface area (Å²) in [7, 11) is 3.49. The molecule has 2 rings (SSSR count). The molecular formula is C15H23NO2S. The van der Waals surface area contributed by atoms with Crippen LogP contribution in [0.25, 0.3) is 0 Å². The van der Waals surface area contributed by atoms with Crippen LogP contribution < -0.4 is 14.8 Å². The van der Waals surface area contributed by atoms with Gasteiger partial charge >= 0.3 is 0 Å². The van der Waals surface area contributed by atoms with Gasteiger partial charge in [0.1, 0.15) is 11.5 Å². The summed E-state index contributed by atoms with van der Waals surface area (Å²) in [5.74, 6) is 4.13. The third-order valence-corrected chi connectivity index (χ3v) is 4.52. The highest BCUT2D eigenvalue weighted by atomic mass is 32.2. The number of hydrogen-bond acceptors (Lipinski definition) is 4. The van der Waals surface area contributed by atoms with Crippen LogP contribution >= 0.6 is 11.8 Å². The fourth-order valence-corrected chi connectivity index (χ4v) is 3.61. The summed E-state index contributed by atoms with van der Waals surface area (Å²) in [6.07, 6.45) is 2.28. The normalized spacial score (nSPS) is 18.6. The van der Waals surface area contributed by atoms with E-state index in [2.05, 4.69) is 12.2 Å². The molecule has 1 N–H and O–H groups in total. The van der Waals surface area contributed by atoms with E-state index in [1.54, 1.807) is 14.2 Å². The Kier molecular flexibility index (Phi) is 5.40. The smallest absolute Gasteiger partial charge is 0.124 e. The lowest BCUT2D eigenvalue weighted by atomic mass is 9.97. The van der Waals surface area contributed by atoms with Crippen molar-refractivity contribution in [1.29, 1.82) is 0 Å². The van der Waals surface area contributed by atoms with Crippen LogP contribution in [-0.2, 0) is 5.75 Å². The molecule has 0 fully saturated rings. The highest BCUT2D eigenvalue weighted by molar-refractivity contribution is 7.98. The van der Waals surface area contributed by atoms with Crippen molar-refractivity contribution in [1.82, 2.24) is 5.32 Å². The average molecular weight is 281 g/mol. The van der Waals surface area contributed by atoms with Crippen LogP contribution in [0.15, 0.2) is 12.1 Å². The van der Waals surface area contributed by atoms with Crippen LogP contribution in [0, 0.1) is 0 Å². The van der Waals surface area contributed by atoms with E-state index in [1.807, 2.05) is 23.9 Å². The summed E-state index contributed by atoms with van der Waals surface area (Å²) in [6.45, 7) is 3.23. The molecule has 19 heavy (non-hydrogen) atoms. The van der Waals surface area contributed by atoms with E-state index in [-0.39, 0.29) is 0 Å². The van der Waals surface area contributed by atoms with E-state index in [1.165, 1.54) is 16.9 Å². The number of ether oxygens (including phenoxy) is 2. The van der Waals surface area contributed by atoms with Crippen molar-refractivity contribution in [2.75, 3.05) is 26.5 Å². The highest BCUT2D eigenvalue weighted by Crippen LogP contribution is 2.41. The van der Waals surface area contributed by atoms with Gasteiger partial charge in [-0.1, -0.05) is 6.92 Å². The zero-order valence-corrected chi connectivity index (χ0v) is 12.8. The van der Waals surface area contributed by atoms with Crippen molar-refractivity contribution in [2.24, 2.45) is 0 Å². The Hall–Kier alpha value is -0.870. The van der Waals surface area contributed by atoms with Gasteiger partial charge in [0, 0.05) is 22.9 Å². The topological polar surface area (TPSA) is 30.5 Å². The molecule has 1 unspecified atom stereocenters. The van der Waals surface area contributed by atoms with Crippen LogP contribution in [0.4, 0.5) is 0 Å². The van der Waals surface area contributed by atoms with E-state index < -0.39 is 0 Å². The van der Waals surface area contributed by atoms with Crippen LogP contribution in [0.2, 0.25) is 0 Å². The maximum absolute atomic E-state index is 5.57. The molecule has 0 saturated carbocycles. The second-order valence-corrected chi connectivity index (χ2v) is 5.82. The Morgan fingerprint density at radius 3 is 2.68 bits per heavy atom. The molecule has 1 heterocycles. The SMILES string of the molecule is CCCNC1CCSCc2c(OC)ccc(OC)c21. The molecule has 1 aromatic carbocycles. The second kappa shape index (κ2) is 7.06. The number of fused-ring (bicyclic) bond motifs is 1. The van der Waals surface area contributed by atoms with E-state index in [0.29, 0.717) is 6.04 Å². The molecule has 4 heteroatoms. The predicted octanol–water partition coefficient (Wildman–Crippen LogP) is 3.38. The zero-order chi connectivity index (χ0) is 13.7. The third-order valence-electron chi connectivity index (χ3n) is 3.50. The van der Waals surface area contributed by atoms with Crippen LogP contribution in [-0.4, -0.2) is 26.5 Å². The highest BCUT2D eigenvalue weighted by Gasteiger charge is 2.25. The molecule has 0 spiro atoms. The van der Waals surface area contributed by atoms with Crippen molar-refractivity contribution in [3.8, 4) is 11.5 Å². The lowest BCUT2D eigenvalue weighted by Crippen LogP contribution is -2.23. The number of rotatable bonds is 5. The number of nitrogens with one attached hydrogen (secondary N) is 1. The van der Waals surface area contributed by atoms with Gasteiger partial charge in [-0.25, -0.2) is 0 Å². The summed E-state index contributed by atoms with van der Waals surface area (Å²) in [5, 5.41) is 3.64. The average Bonchev–Trinajstić information content (AvgIpc) is 2.66. The molecule has 1 aromatic rings. The molecule has 106 valence electrons. The predicted molar refractivity (Wildman–Crippen MR) is 81.4 cm³/mol. The summed E-state index contributed by atoms with van der Waals surface area (Å²) < 4.78 is 11.1.